The Bertz CT molecular complexity index is 1160. The number of aryl methyl sites for hydroxylation is 1. The summed E-state index contributed by atoms with van der Waals surface area (Å²) >= 11 is 3.48. The first kappa shape index (κ1) is 29.2. The number of carbonyl (C=O) groups is 2. The zero-order chi connectivity index (χ0) is 27.0. The monoisotopic (exact) mass is 591 g/mol. The van der Waals surface area contributed by atoms with E-state index in [1.807, 2.05) is 43.3 Å². The molecule has 0 heterocycles. The number of sulfonamides is 1. The lowest BCUT2D eigenvalue weighted by atomic mass is 10.1. The largest absolute Gasteiger partial charge is 0.352 e. The molecular formula is C28H38BrN3O4S. The van der Waals surface area contributed by atoms with Gasteiger partial charge in [0.1, 0.15) is 6.04 Å². The molecule has 0 aliphatic heterocycles. The van der Waals surface area contributed by atoms with Gasteiger partial charge in [-0.3, -0.25) is 13.9 Å². The van der Waals surface area contributed by atoms with Gasteiger partial charge in [0.05, 0.1) is 11.9 Å². The fourth-order valence-corrected chi connectivity index (χ4v) is 6.12. The third kappa shape index (κ3) is 8.57. The van der Waals surface area contributed by atoms with E-state index in [2.05, 4.69) is 21.2 Å². The second kappa shape index (κ2) is 13.4. The Morgan fingerprint density at radius 2 is 1.76 bits per heavy atom. The number of halogens is 1. The standard InChI is InChI=1S/C28H38BrN3O4S/c1-4-22-14-16-26(17-15-22)32(37(3,35)36)18-8-13-27(33)31(20-23-9-7-10-24(29)19-23)21(2)28(34)30-25-11-5-6-12-25/h7,9-10,14-17,19,21,25H,4-6,8,11-13,18,20H2,1-3H3,(H,30,34)/t21-/m0/s1. The van der Waals surface area contributed by atoms with E-state index in [0.717, 1.165) is 47.7 Å². The van der Waals surface area contributed by atoms with Gasteiger partial charge in [-0.15, -0.1) is 0 Å². The van der Waals surface area contributed by atoms with Gasteiger partial charge in [-0.05, 0) is 68.0 Å². The van der Waals surface area contributed by atoms with Crippen LogP contribution in [0.3, 0.4) is 0 Å². The highest BCUT2D eigenvalue weighted by atomic mass is 79.9. The summed E-state index contributed by atoms with van der Waals surface area (Å²) in [6.45, 7) is 4.29. The summed E-state index contributed by atoms with van der Waals surface area (Å²) in [5.74, 6) is -0.326. The highest BCUT2D eigenvalue weighted by Gasteiger charge is 2.28. The van der Waals surface area contributed by atoms with Crippen LogP contribution in [0.4, 0.5) is 5.69 Å². The third-order valence-corrected chi connectivity index (χ3v) is 8.58. The number of hydrogen-bond donors (Lipinski definition) is 1. The van der Waals surface area contributed by atoms with Crippen molar-refractivity contribution in [1.29, 1.82) is 0 Å². The Balaban J connectivity index is 1.71. The van der Waals surface area contributed by atoms with Crippen LogP contribution in [0.1, 0.15) is 63.5 Å². The molecule has 0 bridgehead atoms. The molecule has 2 aromatic rings. The van der Waals surface area contributed by atoms with Crippen LogP contribution >= 0.6 is 15.9 Å². The van der Waals surface area contributed by atoms with Crippen molar-refractivity contribution in [3.63, 3.8) is 0 Å². The molecule has 3 rings (SSSR count). The van der Waals surface area contributed by atoms with Crippen molar-refractivity contribution in [1.82, 2.24) is 10.2 Å². The number of hydrogen-bond acceptors (Lipinski definition) is 4. The lowest BCUT2D eigenvalue weighted by Gasteiger charge is -2.30. The minimum Gasteiger partial charge on any atom is -0.352 e. The van der Waals surface area contributed by atoms with E-state index >= 15 is 0 Å². The second-order valence-electron chi connectivity index (χ2n) is 9.78. The predicted molar refractivity (Wildman–Crippen MR) is 152 cm³/mol. The number of amides is 2. The topological polar surface area (TPSA) is 86.8 Å². The Hall–Kier alpha value is -2.39. The molecule has 2 aromatic carbocycles. The Morgan fingerprint density at radius 3 is 2.35 bits per heavy atom. The second-order valence-corrected chi connectivity index (χ2v) is 12.6. The summed E-state index contributed by atoms with van der Waals surface area (Å²) in [5.41, 5.74) is 2.62. The van der Waals surface area contributed by atoms with E-state index in [-0.39, 0.29) is 30.8 Å². The average Bonchev–Trinajstić information content (AvgIpc) is 3.37. The number of rotatable bonds is 12. The molecule has 0 aromatic heterocycles. The van der Waals surface area contributed by atoms with Crippen molar-refractivity contribution in [2.75, 3.05) is 17.1 Å². The number of nitrogens with zero attached hydrogens (tertiary/aromatic N) is 2. The van der Waals surface area contributed by atoms with Crippen LogP contribution in [0, 0.1) is 0 Å². The molecule has 2 amide bonds. The smallest absolute Gasteiger partial charge is 0.242 e. The van der Waals surface area contributed by atoms with Crippen molar-refractivity contribution in [3.8, 4) is 0 Å². The molecule has 0 radical (unpaired) electrons. The van der Waals surface area contributed by atoms with E-state index in [0.29, 0.717) is 18.7 Å². The summed E-state index contributed by atoms with van der Waals surface area (Å²) in [6.07, 6.45) is 6.68. The van der Waals surface area contributed by atoms with Crippen LogP contribution in [-0.4, -0.2) is 50.0 Å². The van der Waals surface area contributed by atoms with E-state index < -0.39 is 16.1 Å². The molecule has 202 valence electrons. The van der Waals surface area contributed by atoms with E-state index in [9.17, 15) is 18.0 Å². The molecule has 7 nitrogen and oxygen atoms in total. The first-order chi connectivity index (χ1) is 17.6. The summed E-state index contributed by atoms with van der Waals surface area (Å²) in [5, 5.41) is 3.11. The third-order valence-electron chi connectivity index (χ3n) is 6.90. The molecule has 0 saturated heterocycles. The van der Waals surface area contributed by atoms with Gasteiger partial charge in [0.25, 0.3) is 0 Å². The summed E-state index contributed by atoms with van der Waals surface area (Å²) in [4.78, 5) is 28.1. The molecule has 9 heteroatoms. The quantitative estimate of drug-likeness (QED) is 0.375. The fourth-order valence-electron chi connectivity index (χ4n) is 4.71. The van der Waals surface area contributed by atoms with Crippen molar-refractivity contribution in [3.05, 3.63) is 64.1 Å². The van der Waals surface area contributed by atoms with Gasteiger partial charge >= 0.3 is 0 Å². The highest BCUT2D eigenvalue weighted by Crippen LogP contribution is 2.22. The maximum Gasteiger partial charge on any atom is 0.242 e. The van der Waals surface area contributed by atoms with Gasteiger partial charge in [0.15, 0.2) is 0 Å². The van der Waals surface area contributed by atoms with E-state index in [1.165, 1.54) is 10.6 Å². The Morgan fingerprint density at radius 1 is 1.08 bits per heavy atom. The number of benzene rings is 2. The minimum atomic E-state index is -3.51. The number of carbonyl (C=O) groups excluding carboxylic acids is 2. The first-order valence-electron chi connectivity index (χ1n) is 13.0. The van der Waals surface area contributed by atoms with Crippen molar-refractivity contribution >= 4 is 43.5 Å². The van der Waals surface area contributed by atoms with Gasteiger partial charge in [0.2, 0.25) is 21.8 Å². The first-order valence-corrected chi connectivity index (χ1v) is 15.6. The van der Waals surface area contributed by atoms with Crippen LogP contribution in [0.15, 0.2) is 53.0 Å². The van der Waals surface area contributed by atoms with Crippen LogP contribution in [0.5, 0.6) is 0 Å². The summed E-state index contributed by atoms with van der Waals surface area (Å²) < 4.78 is 27.3. The average molecular weight is 593 g/mol. The maximum absolute atomic E-state index is 13.4. The lowest BCUT2D eigenvalue weighted by Crippen LogP contribution is -2.49. The molecular weight excluding hydrogens is 554 g/mol. The lowest BCUT2D eigenvalue weighted by molar-refractivity contribution is -0.141. The molecule has 1 saturated carbocycles. The van der Waals surface area contributed by atoms with Gasteiger partial charge in [0, 0.05) is 30.0 Å². The van der Waals surface area contributed by atoms with Gasteiger partial charge in [-0.25, -0.2) is 8.42 Å². The van der Waals surface area contributed by atoms with Crippen molar-refractivity contribution in [2.45, 2.75) is 77.4 Å². The summed E-state index contributed by atoms with van der Waals surface area (Å²) in [7, 11) is -3.51. The molecule has 1 aliphatic carbocycles. The Labute approximate surface area is 229 Å². The zero-order valence-electron chi connectivity index (χ0n) is 22.0. The molecule has 0 unspecified atom stereocenters. The van der Waals surface area contributed by atoms with Gasteiger partial charge < -0.3 is 10.2 Å². The minimum absolute atomic E-state index is 0.133. The predicted octanol–water partition coefficient (Wildman–Crippen LogP) is 5.03. The van der Waals surface area contributed by atoms with Crippen molar-refractivity contribution < 1.29 is 18.0 Å². The Kier molecular flexibility index (Phi) is 10.6. The van der Waals surface area contributed by atoms with Gasteiger partial charge in [-0.1, -0.05) is 60.0 Å². The zero-order valence-corrected chi connectivity index (χ0v) is 24.4. The van der Waals surface area contributed by atoms with Crippen LogP contribution in [0.25, 0.3) is 0 Å². The molecule has 1 N–H and O–H groups in total. The van der Waals surface area contributed by atoms with Gasteiger partial charge in [-0.2, -0.15) is 0 Å². The summed E-state index contributed by atoms with van der Waals surface area (Å²) in [6, 6.07) is 14.7. The molecule has 37 heavy (non-hydrogen) atoms. The van der Waals surface area contributed by atoms with Crippen LogP contribution in [0.2, 0.25) is 0 Å². The number of nitrogens with one attached hydrogen (secondary N) is 1. The maximum atomic E-state index is 13.4. The van der Waals surface area contributed by atoms with Crippen LogP contribution in [-0.2, 0) is 32.6 Å². The highest BCUT2D eigenvalue weighted by molar-refractivity contribution is 9.10. The van der Waals surface area contributed by atoms with Crippen molar-refractivity contribution in [2.24, 2.45) is 0 Å². The number of anilines is 1. The van der Waals surface area contributed by atoms with E-state index in [1.54, 1.807) is 24.0 Å². The van der Waals surface area contributed by atoms with E-state index in [4.69, 9.17) is 0 Å². The molecule has 1 fully saturated rings. The fraction of sp³-hybridized carbons (Fsp3) is 0.500. The SMILES string of the molecule is CCc1ccc(N(CCCC(=O)N(Cc2cccc(Br)c2)[C@@H](C)C(=O)NC2CCCC2)S(C)(=O)=O)cc1. The molecule has 1 atom stereocenters. The molecule has 1 aliphatic rings. The normalized spacial score (nSPS) is 14.8. The molecule has 0 spiro atoms. The van der Waals surface area contributed by atoms with Crippen LogP contribution < -0.4 is 9.62 Å².